The summed E-state index contributed by atoms with van der Waals surface area (Å²) >= 11 is 0. The standard InChI is InChI=1S/C17H33N3O2/c1-7-8-9-10-11-18-15(22)20-13-17(4,5)19(6)16(2,3)12-14(20)21/h7-13H2,1-6H3,(H,18,22). The van der Waals surface area contributed by atoms with Gasteiger partial charge in [-0.15, -0.1) is 0 Å². The summed E-state index contributed by atoms with van der Waals surface area (Å²) in [5, 5.41) is 2.90. The van der Waals surface area contributed by atoms with Gasteiger partial charge in [-0.05, 0) is 41.2 Å². The third kappa shape index (κ3) is 4.70. The number of hydrogen-bond donors (Lipinski definition) is 1. The smallest absolute Gasteiger partial charge is 0.324 e. The van der Waals surface area contributed by atoms with Gasteiger partial charge in [-0.25, -0.2) is 4.79 Å². The number of nitrogens with zero attached hydrogens (tertiary/aromatic N) is 2. The van der Waals surface area contributed by atoms with Crippen LogP contribution >= 0.6 is 0 Å². The lowest BCUT2D eigenvalue weighted by molar-refractivity contribution is -0.128. The first-order chi connectivity index (χ1) is 10.1. The van der Waals surface area contributed by atoms with Crippen LogP contribution in [0.1, 0.15) is 66.7 Å². The van der Waals surface area contributed by atoms with Crippen LogP contribution in [0.3, 0.4) is 0 Å². The van der Waals surface area contributed by atoms with Crippen molar-refractivity contribution in [2.45, 2.75) is 77.8 Å². The predicted octanol–water partition coefficient (Wildman–Crippen LogP) is 3.00. The molecule has 0 spiro atoms. The summed E-state index contributed by atoms with van der Waals surface area (Å²) in [6, 6.07) is -0.249. The molecule has 1 rings (SSSR count). The van der Waals surface area contributed by atoms with E-state index in [4.69, 9.17) is 0 Å². The molecule has 3 amide bonds. The molecule has 0 unspecified atom stereocenters. The third-order valence-corrected chi connectivity index (χ3v) is 4.80. The van der Waals surface area contributed by atoms with Crippen LogP contribution in [0.15, 0.2) is 0 Å². The molecule has 128 valence electrons. The van der Waals surface area contributed by atoms with Crippen molar-refractivity contribution in [1.29, 1.82) is 0 Å². The zero-order chi connectivity index (χ0) is 17.0. The van der Waals surface area contributed by atoms with Crippen molar-refractivity contribution in [3.63, 3.8) is 0 Å². The number of likely N-dealkylation sites (N-methyl/N-ethyl adjacent to an activating group) is 1. The van der Waals surface area contributed by atoms with Crippen LogP contribution in [0, 0.1) is 0 Å². The highest BCUT2D eigenvalue weighted by atomic mass is 16.2. The normalized spacial score (nSPS) is 21.5. The van der Waals surface area contributed by atoms with Crippen LogP contribution in [-0.2, 0) is 4.79 Å². The van der Waals surface area contributed by atoms with E-state index in [1.54, 1.807) is 0 Å². The molecule has 5 heteroatoms. The number of hydrogen-bond acceptors (Lipinski definition) is 3. The molecule has 1 heterocycles. The highest BCUT2D eigenvalue weighted by Crippen LogP contribution is 2.31. The first-order valence-corrected chi connectivity index (χ1v) is 8.44. The van der Waals surface area contributed by atoms with E-state index in [-0.39, 0.29) is 23.0 Å². The average Bonchev–Trinajstić information content (AvgIpc) is 2.47. The molecule has 1 saturated heterocycles. The summed E-state index contributed by atoms with van der Waals surface area (Å²) in [4.78, 5) is 28.4. The highest BCUT2D eigenvalue weighted by molar-refractivity contribution is 5.95. The van der Waals surface area contributed by atoms with E-state index >= 15 is 0 Å². The van der Waals surface area contributed by atoms with Gasteiger partial charge >= 0.3 is 6.03 Å². The zero-order valence-corrected chi connectivity index (χ0v) is 15.2. The van der Waals surface area contributed by atoms with Crippen LogP contribution in [0.5, 0.6) is 0 Å². The quantitative estimate of drug-likeness (QED) is 0.794. The fraction of sp³-hybridized carbons (Fsp3) is 0.882. The average molecular weight is 311 g/mol. The van der Waals surface area contributed by atoms with Gasteiger partial charge in [-0.1, -0.05) is 26.2 Å². The van der Waals surface area contributed by atoms with Crippen LogP contribution < -0.4 is 5.32 Å². The minimum absolute atomic E-state index is 0.0894. The molecule has 0 bridgehead atoms. The van der Waals surface area contributed by atoms with Crippen molar-refractivity contribution in [3.8, 4) is 0 Å². The maximum Gasteiger partial charge on any atom is 0.324 e. The molecule has 1 N–H and O–H groups in total. The minimum atomic E-state index is -0.253. The Morgan fingerprint density at radius 2 is 1.77 bits per heavy atom. The lowest BCUT2D eigenvalue weighted by atomic mass is 9.93. The van der Waals surface area contributed by atoms with Gasteiger partial charge in [0.05, 0.1) is 0 Å². The second kappa shape index (κ2) is 7.44. The summed E-state index contributed by atoms with van der Waals surface area (Å²) in [5.74, 6) is -0.0894. The van der Waals surface area contributed by atoms with E-state index in [2.05, 4.69) is 44.8 Å². The summed E-state index contributed by atoms with van der Waals surface area (Å²) in [7, 11) is 2.03. The molecule has 0 aromatic heterocycles. The molecular formula is C17H33N3O2. The number of rotatable bonds is 5. The molecule has 0 aromatic carbocycles. The van der Waals surface area contributed by atoms with Gasteiger partial charge in [0.15, 0.2) is 0 Å². The molecular weight excluding hydrogens is 278 g/mol. The molecule has 1 fully saturated rings. The minimum Gasteiger partial charge on any atom is -0.338 e. The fourth-order valence-electron chi connectivity index (χ4n) is 3.01. The van der Waals surface area contributed by atoms with E-state index in [9.17, 15) is 9.59 Å². The maximum atomic E-state index is 12.5. The van der Waals surface area contributed by atoms with Crippen molar-refractivity contribution in [2.75, 3.05) is 20.1 Å². The number of unbranched alkanes of at least 4 members (excludes halogenated alkanes) is 3. The molecule has 0 saturated carbocycles. The van der Waals surface area contributed by atoms with Crippen molar-refractivity contribution >= 4 is 11.9 Å². The van der Waals surface area contributed by atoms with Crippen LogP contribution in [0.25, 0.3) is 0 Å². The first kappa shape index (κ1) is 18.9. The number of imide groups is 1. The summed E-state index contributed by atoms with van der Waals surface area (Å²) in [5.41, 5.74) is -0.494. The molecule has 0 radical (unpaired) electrons. The van der Waals surface area contributed by atoms with Crippen LogP contribution in [-0.4, -0.2) is 53.0 Å². The Balaban J connectivity index is 2.69. The van der Waals surface area contributed by atoms with Gasteiger partial charge in [0.1, 0.15) is 0 Å². The lowest BCUT2D eigenvalue weighted by Gasteiger charge is -2.43. The van der Waals surface area contributed by atoms with Crippen molar-refractivity contribution in [3.05, 3.63) is 0 Å². The second-order valence-corrected chi connectivity index (χ2v) is 7.63. The van der Waals surface area contributed by atoms with Gasteiger partial charge in [-0.3, -0.25) is 14.6 Å². The predicted molar refractivity (Wildman–Crippen MR) is 89.8 cm³/mol. The first-order valence-electron chi connectivity index (χ1n) is 8.44. The Kier molecular flexibility index (Phi) is 6.41. The summed E-state index contributed by atoms with van der Waals surface area (Å²) < 4.78 is 0. The Labute approximate surface area is 135 Å². The molecule has 1 aliphatic rings. The highest BCUT2D eigenvalue weighted by Gasteiger charge is 2.44. The Morgan fingerprint density at radius 3 is 2.36 bits per heavy atom. The molecule has 1 aliphatic heterocycles. The number of urea groups is 1. The van der Waals surface area contributed by atoms with Crippen molar-refractivity contribution in [2.24, 2.45) is 0 Å². The van der Waals surface area contributed by atoms with Gasteiger partial charge in [0, 0.05) is 30.6 Å². The van der Waals surface area contributed by atoms with Crippen molar-refractivity contribution < 1.29 is 9.59 Å². The number of nitrogens with one attached hydrogen (secondary N) is 1. The van der Waals surface area contributed by atoms with Gasteiger partial charge in [0.2, 0.25) is 5.91 Å². The summed E-state index contributed by atoms with van der Waals surface area (Å²) in [6.45, 7) is 11.5. The molecule has 0 atom stereocenters. The van der Waals surface area contributed by atoms with E-state index in [1.165, 1.54) is 17.7 Å². The van der Waals surface area contributed by atoms with E-state index < -0.39 is 0 Å². The topological polar surface area (TPSA) is 52.7 Å². The largest absolute Gasteiger partial charge is 0.338 e. The van der Waals surface area contributed by atoms with Crippen molar-refractivity contribution in [1.82, 2.24) is 15.1 Å². The molecule has 22 heavy (non-hydrogen) atoms. The molecule has 0 aliphatic carbocycles. The number of carbonyl (C=O) groups is 2. The summed E-state index contributed by atoms with van der Waals surface area (Å²) in [6.07, 6.45) is 4.80. The number of carbonyl (C=O) groups excluding carboxylic acids is 2. The Bertz CT molecular complexity index is 405. The Morgan fingerprint density at radius 1 is 1.14 bits per heavy atom. The number of amides is 3. The van der Waals surface area contributed by atoms with E-state index in [0.29, 0.717) is 19.5 Å². The SMILES string of the molecule is CCCCCCNC(=O)N1CC(C)(C)N(C)C(C)(C)CC1=O. The second-order valence-electron chi connectivity index (χ2n) is 7.63. The van der Waals surface area contributed by atoms with Crippen LogP contribution in [0.2, 0.25) is 0 Å². The van der Waals surface area contributed by atoms with Crippen LogP contribution in [0.4, 0.5) is 4.79 Å². The Hall–Kier alpha value is -1.10. The van der Waals surface area contributed by atoms with E-state index in [1.807, 2.05) is 7.05 Å². The van der Waals surface area contributed by atoms with Gasteiger partial charge in [-0.2, -0.15) is 0 Å². The molecule has 0 aromatic rings. The third-order valence-electron chi connectivity index (χ3n) is 4.80. The molecule has 5 nitrogen and oxygen atoms in total. The zero-order valence-electron chi connectivity index (χ0n) is 15.2. The fourth-order valence-corrected chi connectivity index (χ4v) is 3.01. The van der Waals surface area contributed by atoms with Gasteiger partial charge in [0.25, 0.3) is 0 Å². The maximum absolute atomic E-state index is 12.5. The monoisotopic (exact) mass is 311 g/mol. The van der Waals surface area contributed by atoms with E-state index in [0.717, 1.165) is 12.8 Å². The lowest BCUT2D eigenvalue weighted by Crippen LogP contribution is -2.55. The van der Waals surface area contributed by atoms with Gasteiger partial charge < -0.3 is 5.32 Å².